The van der Waals surface area contributed by atoms with E-state index in [0.29, 0.717) is 18.1 Å². The molecule has 4 aromatic rings. The number of hydrogen-bond acceptors (Lipinski definition) is 4. The zero-order chi connectivity index (χ0) is 27.8. The Kier molecular flexibility index (Phi) is 9.44. The summed E-state index contributed by atoms with van der Waals surface area (Å²) in [5.74, 6) is 0.263. The number of amides is 3. The van der Waals surface area contributed by atoms with Gasteiger partial charge in [-0.05, 0) is 62.4 Å². The summed E-state index contributed by atoms with van der Waals surface area (Å²) in [6, 6.07) is 25.2. The molecule has 1 heterocycles. The highest BCUT2D eigenvalue weighted by Crippen LogP contribution is 2.27. The van der Waals surface area contributed by atoms with Gasteiger partial charge in [-0.25, -0.2) is 9.48 Å². The molecular formula is C31H35N5O2S. The summed E-state index contributed by atoms with van der Waals surface area (Å²) >= 11 is 1.64. The fraction of sp³-hybridized carbons (Fsp3) is 0.258. The lowest BCUT2D eigenvalue weighted by atomic mass is 10.1. The fourth-order valence-electron chi connectivity index (χ4n) is 4.28. The van der Waals surface area contributed by atoms with E-state index in [4.69, 9.17) is 5.10 Å². The Bertz CT molecular complexity index is 1420. The van der Waals surface area contributed by atoms with Crippen molar-refractivity contribution in [3.63, 3.8) is 0 Å². The second-order valence-corrected chi connectivity index (χ2v) is 10.3. The third kappa shape index (κ3) is 7.29. The zero-order valence-electron chi connectivity index (χ0n) is 22.9. The van der Waals surface area contributed by atoms with Gasteiger partial charge in [0, 0.05) is 28.8 Å². The molecule has 0 saturated heterocycles. The van der Waals surface area contributed by atoms with Gasteiger partial charge in [0.15, 0.2) is 0 Å². The molecule has 0 radical (unpaired) electrons. The highest BCUT2D eigenvalue weighted by molar-refractivity contribution is 7.98. The molecule has 39 heavy (non-hydrogen) atoms. The van der Waals surface area contributed by atoms with Crippen LogP contribution < -0.4 is 10.6 Å². The Balaban J connectivity index is 1.56. The minimum Gasteiger partial charge on any atom is -0.315 e. The Labute approximate surface area is 234 Å². The molecule has 4 rings (SSSR count). The van der Waals surface area contributed by atoms with Crippen LogP contribution in [0, 0.1) is 13.8 Å². The first-order valence-electron chi connectivity index (χ1n) is 13.1. The largest absolute Gasteiger partial charge is 0.322 e. The number of carbonyl (C=O) groups excluding carboxylic acids is 2. The lowest BCUT2D eigenvalue weighted by molar-refractivity contribution is -0.116. The quantitative estimate of drug-likeness (QED) is 0.209. The van der Waals surface area contributed by atoms with Crippen LogP contribution in [-0.4, -0.2) is 46.0 Å². The van der Waals surface area contributed by atoms with Crippen LogP contribution in [0.2, 0.25) is 0 Å². The summed E-state index contributed by atoms with van der Waals surface area (Å²) in [7, 11) is 0. The van der Waals surface area contributed by atoms with Gasteiger partial charge in [-0.2, -0.15) is 5.10 Å². The molecular weight excluding hydrogens is 506 g/mol. The van der Waals surface area contributed by atoms with Crippen molar-refractivity contribution in [1.29, 1.82) is 0 Å². The number of aromatic nitrogens is 2. The van der Waals surface area contributed by atoms with Crippen molar-refractivity contribution in [2.75, 3.05) is 30.0 Å². The topological polar surface area (TPSA) is 79.3 Å². The summed E-state index contributed by atoms with van der Waals surface area (Å²) in [6.45, 7) is 6.54. The van der Waals surface area contributed by atoms with Crippen molar-refractivity contribution in [2.45, 2.75) is 38.5 Å². The number of urea groups is 1. The highest BCUT2D eigenvalue weighted by Gasteiger charge is 2.20. The molecule has 0 aliphatic rings. The Morgan fingerprint density at radius 2 is 1.69 bits per heavy atom. The van der Waals surface area contributed by atoms with Crippen molar-refractivity contribution in [3.8, 4) is 16.9 Å². The maximum absolute atomic E-state index is 13.3. The third-order valence-corrected chi connectivity index (χ3v) is 7.12. The molecule has 0 unspecified atom stereocenters. The number of hydrogen-bond donors (Lipinski definition) is 2. The van der Waals surface area contributed by atoms with Gasteiger partial charge >= 0.3 is 6.03 Å². The number of aryl methyl sites for hydroxylation is 2. The van der Waals surface area contributed by atoms with Crippen LogP contribution in [0.1, 0.15) is 30.9 Å². The standard InChI is InChI=1S/C31H35N5O2S/c1-5-6-18-35(31(38)32-25-13-15-26(39-4)16-14-25)21-30(37)33-29-20-27(24-10-8-7-9-11-24)34-36(29)28-17-12-22(2)19-23(28)3/h7-17,19-20H,5-6,18,21H2,1-4H3,(H,32,38)(H,33,37). The van der Waals surface area contributed by atoms with E-state index in [1.165, 1.54) is 0 Å². The number of carbonyl (C=O) groups is 2. The maximum Gasteiger partial charge on any atom is 0.322 e. The monoisotopic (exact) mass is 541 g/mol. The summed E-state index contributed by atoms with van der Waals surface area (Å²) in [5, 5.41) is 10.8. The summed E-state index contributed by atoms with van der Waals surface area (Å²) in [6.07, 6.45) is 3.71. The van der Waals surface area contributed by atoms with Crippen LogP contribution in [-0.2, 0) is 4.79 Å². The van der Waals surface area contributed by atoms with Crippen LogP contribution in [0.5, 0.6) is 0 Å². The van der Waals surface area contributed by atoms with Gasteiger partial charge in [-0.3, -0.25) is 4.79 Å². The Morgan fingerprint density at radius 1 is 0.949 bits per heavy atom. The van der Waals surface area contributed by atoms with E-state index in [1.807, 2.05) is 92.9 Å². The van der Waals surface area contributed by atoms with E-state index >= 15 is 0 Å². The van der Waals surface area contributed by atoms with Gasteiger partial charge in [0.1, 0.15) is 12.4 Å². The lowest BCUT2D eigenvalue weighted by Crippen LogP contribution is -2.41. The molecule has 7 nitrogen and oxygen atoms in total. The first kappa shape index (κ1) is 28.0. The van der Waals surface area contributed by atoms with E-state index in [9.17, 15) is 9.59 Å². The van der Waals surface area contributed by atoms with E-state index in [1.54, 1.807) is 21.3 Å². The summed E-state index contributed by atoms with van der Waals surface area (Å²) in [4.78, 5) is 29.1. The second kappa shape index (κ2) is 13.2. The number of unbranched alkanes of at least 4 members (excludes halogenated alkanes) is 1. The molecule has 0 aliphatic heterocycles. The second-order valence-electron chi connectivity index (χ2n) is 9.46. The molecule has 0 saturated carbocycles. The number of anilines is 2. The minimum atomic E-state index is -0.302. The number of rotatable bonds is 10. The lowest BCUT2D eigenvalue weighted by Gasteiger charge is -2.22. The average Bonchev–Trinajstić information content (AvgIpc) is 3.35. The molecule has 0 spiro atoms. The summed E-state index contributed by atoms with van der Waals surface area (Å²) in [5.41, 5.74) is 5.48. The normalized spacial score (nSPS) is 10.8. The van der Waals surface area contributed by atoms with Crippen molar-refractivity contribution in [2.24, 2.45) is 0 Å². The molecule has 202 valence electrons. The third-order valence-electron chi connectivity index (χ3n) is 6.37. The van der Waals surface area contributed by atoms with Gasteiger partial charge in [-0.15, -0.1) is 11.8 Å². The van der Waals surface area contributed by atoms with Crippen molar-refractivity contribution >= 4 is 35.2 Å². The van der Waals surface area contributed by atoms with Crippen molar-refractivity contribution < 1.29 is 9.59 Å². The number of benzene rings is 3. The van der Waals surface area contributed by atoms with Gasteiger partial charge in [-0.1, -0.05) is 61.4 Å². The molecule has 8 heteroatoms. The van der Waals surface area contributed by atoms with E-state index in [2.05, 4.69) is 23.6 Å². The Hall–Kier alpha value is -4.04. The molecule has 0 aliphatic carbocycles. The van der Waals surface area contributed by atoms with Gasteiger partial charge in [0.05, 0.1) is 11.4 Å². The number of nitrogens with one attached hydrogen (secondary N) is 2. The van der Waals surface area contributed by atoms with Crippen LogP contribution in [0.15, 0.2) is 83.8 Å². The van der Waals surface area contributed by atoms with Crippen LogP contribution >= 0.6 is 11.8 Å². The maximum atomic E-state index is 13.3. The molecule has 1 aromatic heterocycles. The first-order valence-corrected chi connectivity index (χ1v) is 14.3. The Morgan fingerprint density at radius 3 is 2.36 bits per heavy atom. The van der Waals surface area contributed by atoms with E-state index < -0.39 is 0 Å². The van der Waals surface area contributed by atoms with E-state index in [-0.39, 0.29) is 18.5 Å². The SMILES string of the molecule is CCCCN(CC(=O)Nc1cc(-c2ccccc2)nn1-c1ccc(C)cc1C)C(=O)Nc1ccc(SC)cc1. The predicted octanol–water partition coefficient (Wildman–Crippen LogP) is 7.15. The molecule has 0 bridgehead atoms. The van der Waals surface area contributed by atoms with Crippen molar-refractivity contribution in [1.82, 2.24) is 14.7 Å². The van der Waals surface area contributed by atoms with Crippen molar-refractivity contribution in [3.05, 3.63) is 90.0 Å². The average molecular weight is 542 g/mol. The zero-order valence-corrected chi connectivity index (χ0v) is 23.7. The molecule has 3 amide bonds. The van der Waals surface area contributed by atoms with Gasteiger partial charge < -0.3 is 15.5 Å². The smallest absolute Gasteiger partial charge is 0.315 e. The summed E-state index contributed by atoms with van der Waals surface area (Å²) < 4.78 is 1.76. The number of nitrogens with zero attached hydrogens (tertiary/aromatic N) is 3. The van der Waals surface area contributed by atoms with Crippen LogP contribution in [0.3, 0.4) is 0 Å². The van der Waals surface area contributed by atoms with Crippen LogP contribution in [0.4, 0.5) is 16.3 Å². The van der Waals surface area contributed by atoms with Gasteiger partial charge in [0.2, 0.25) is 5.91 Å². The molecule has 0 atom stereocenters. The molecule has 0 fully saturated rings. The fourth-order valence-corrected chi connectivity index (χ4v) is 4.69. The molecule has 3 aromatic carbocycles. The first-order chi connectivity index (χ1) is 18.9. The minimum absolute atomic E-state index is 0.0759. The molecule has 2 N–H and O–H groups in total. The van der Waals surface area contributed by atoms with E-state index in [0.717, 1.165) is 45.8 Å². The highest BCUT2D eigenvalue weighted by atomic mass is 32.2. The van der Waals surface area contributed by atoms with Crippen LogP contribution in [0.25, 0.3) is 16.9 Å². The van der Waals surface area contributed by atoms with Gasteiger partial charge in [0.25, 0.3) is 0 Å². The predicted molar refractivity (Wildman–Crippen MR) is 161 cm³/mol. The number of thioether (sulfide) groups is 1.